The van der Waals surface area contributed by atoms with Crippen molar-refractivity contribution in [2.45, 2.75) is 32.9 Å². The molecule has 0 bridgehead atoms. The Bertz CT molecular complexity index is 1300. The quantitative estimate of drug-likeness (QED) is 0.159. The highest BCUT2D eigenvalue weighted by Crippen LogP contribution is 2.40. The van der Waals surface area contributed by atoms with Crippen LogP contribution in [0.1, 0.15) is 41.6 Å². The molecule has 1 aliphatic rings. The fourth-order valence-corrected chi connectivity index (χ4v) is 4.55. The van der Waals surface area contributed by atoms with E-state index in [4.69, 9.17) is 14.2 Å². The van der Waals surface area contributed by atoms with Crippen molar-refractivity contribution in [3.05, 3.63) is 101 Å². The molecule has 1 N–H and O–H groups in total. The molecule has 0 radical (unpaired) electrons. The summed E-state index contributed by atoms with van der Waals surface area (Å²) in [5, 5.41) is 11.3. The Morgan fingerprint density at radius 2 is 1.58 bits per heavy atom. The normalized spacial score (nSPS) is 16.6. The number of carbonyl (C=O) groups excluding carboxylic acids is 2. The Labute approximate surface area is 223 Å². The number of ether oxygens (including phenoxy) is 3. The van der Waals surface area contributed by atoms with Gasteiger partial charge in [0.25, 0.3) is 11.7 Å². The summed E-state index contributed by atoms with van der Waals surface area (Å²) in [5.74, 6) is -0.248. The van der Waals surface area contributed by atoms with E-state index >= 15 is 0 Å². The van der Waals surface area contributed by atoms with Gasteiger partial charge in [0, 0.05) is 25.8 Å². The Morgan fingerprint density at radius 1 is 0.921 bits per heavy atom. The van der Waals surface area contributed by atoms with Crippen LogP contribution < -0.4 is 9.47 Å². The predicted molar refractivity (Wildman–Crippen MR) is 145 cm³/mol. The van der Waals surface area contributed by atoms with Crippen LogP contribution in [0.3, 0.4) is 0 Å². The van der Waals surface area contributed by atoms with Gasteiger partial charge in [0.2, 0.25) is 0 Å². The number of aliphatic hydroxyl groups excluding tert-OH is 1. The molecule has 1 saturated heterocycles. The van der Waals surface area contributed by atoms with E-state index in [0.717, 1.165) is 11.1 Å². The molecule has 198 valence electrons. The average Bonchev–Trinajstić information content (AvgIpc) is 3.18. The number of hydrogen-bond donors (Lipinski definition) is 1. The summed E-state index contributed by atoms with van der Waals surface area (Å²) in [6.07, 6.45) is 0.560. The van der Waals surface area contributed by atoms with Crippen LogP contribution in [-0.2, 0) is 20.9 Å². The smallest absolute Gasteiger partial charge is 0.295 e. The third-order valence-electron chi connectivity index (χ3n) is 6.58. The fourth-order valence-electron chi connectivity index (χ4n) is 4.55. The summed E-state index contributed by atoms with van der Waals surface area (Å²) in [6.45, 7) is 5.65. The van der Waals surface area contributed by atoms with Crippen LogP contribution in [0.15, 0.2) is 78.4 Å². The summed E-state index contributed by atoms with van der Waals surface area (Å²) in [4.78, 5) is 27.7. The lowest BCUT2D eigenvalue weighted by atomic mass is 9.95. The third kappa shape index (κ3) is 5.89. The lowest BCUT2D eigenvalue weighted by Gasteiger charge is -2.25. The van der Waals surface area contributed by atoms with E-state index in [1.807, 2.05) is 50.2 Å². The van der Waals surface area contributed by atoms with Crippen molar-refractivity contribution in [2.75, 3.05) is 26.9 Å². The zero-order chi connectivity index (χ0) is 27.1. The van der Waals surface area contributed by atoms with E-state index in [0.29, 0.717) is 55.4 Å². The SMILES string of the molecule is CCOc1ccc(C2/C(=C(\O)c3ccc(OCc4ccccc4C)cc3)C(=O)C(=O)N2CCCOC)cc1. The van der Waals surface area contributed by atoms with E-state index in [-0.39, 0.29) is 11.3 Å². The van der Waals surface area contributed by atoms with Gasteiger partial charge in [-0.1, -0.05) is 36.4 Å². The van der Waals surface area contributed by atoms with Crippen LogP contribution >= 0.6 is 0 Å². The Kier molecular flexibility index (Phi) is 8.81. The summed E-state index contributed by atoms with van der Waals surface area (Å²) < 4.78 is 16.6. The summed E-state index contributed by atoms with van der Waals surface area (Å²) in [5.41, 5.74) is 3.43. The third-order valence-corrected chi connectivity index (χ3v) is 6.58. The van der Waals surface area contributed by atoms with Crippen LogP contribution in [0, 0.1) is 6.92 Å². The van der Waals surface area contributed by atoms with E-state index in [1.54, 1.807) is 43.5 Å². The van der Waals surface area contributed by atoms with Crippen molar-refractivity contribution in [1.82, 2.24) is 4.90 Å². The van der Waals surface area contributed by atoms with Crippen molar-refractivity contribution in [1.29, 1.82) is 0 Å². The molecule has 1 amide bonds. The molecular weight excluding hydrogens is 482 g/mol. The molecule has 1 aliphatic heterocycles. The summed E-state index contributed by atoms with van der Waals surface area (Å²) in [6, 6.07) is 21.4. The molecule has 0 aromatic heterocycles. The molecule has 3 aromatic carbocycles. The topological polar surface area (TPSA) is 85.3 Å². The zero-order valence-corrected chi connectivity index (χ0v) is 22.0. The monoisotopic (exact) mass is 515 g/mol. The lowest BCUT2D eigenvalue weighted by molar-refractivity contribution is -0.140. The number of ketones is 1. The number of nitrogens with zero attached hydrogens (tertiary/aromatic N) is 1. The van der Waals surface area contributed by atoms with E-state index in [2.05, 4.69) is 0 Å². The minimum atomic E-state index is -0.723. The molecule has 4 rings (SSSR count). The maximum atomic E-state index is 13.2. The highest BCUT2D eigenvalue weighted by atomic mass is 16.5. The minimum Gasteiger partial charge on any atom is -0.507 e. The molecule has 1 unspecified atom stereocenters. The van der Waals surface area contributed by atoms with Crippen molar-refractivity contribution in [3.8, 4) is 11.5 Å². The van der Waals surface area contributed by atoms with Crippen molar-refractivity contribution in [2.24, 2.45) is 0 Å². The van der Waals surface area contributed by atoms with Crippen LogP contribution in [0.2, 0.25) is 0 Å². The van der Waals surface area contributed by atoms with Gasteiger partial charge in [-0.2, -0.15) is 0 Å². The first-order chi connectivity index (χ1) is 18.4. The lowest BCUT2D eigenvalue weighted by Crippen LogP contribution is -2.31. The van der Waals surface area contributed by atoms with Crippen LogP contribution in [0.4, 0.5) is 0 Å². The second-order valence-electron chi connectivity index (χ2n) is 9.08. The van der Waals surface area contributed by atoms with Crippen molar-refractivity contribution >= 4 is 17.4 Å². The molecule has 1 heterocycles. The van der Waals surface area contributed by atoms with Gasteiger partial charge in [-0.15, -0.1) is 0 Å². The number of Topliss-reactive ketones (excluding diaryl/α,β-unsaturated/α-hetero) is 1. The number of methoxy groups -OCH3 is 1. The predicted octanol–water partition coefficient (Wildman–Crippen LogP) is 5.43. The van der Waals surface area contributed by atoms with Crippen LogP contribution in [-0.4, -0.2) is 48.6 Å². The van der Waals surface area contributed by atoms with Gasteiger partial charge in [-0.3, -0.25) is 9.59 Å². The summed E-state index contributed by atoms with van der Waals surface area (Å²) >= 11 is 0. The Balaban J connectivity index is 1.63. The average molecular weight is 516 g/mol. The van der Waals surface area contributed by atoms with E-state index < -0.39 is 17.7 Å². The van der Waals surface area contributed by atoms with Gasteiger partial charge in [-0.05, 0) is 73.4 Å². The summed E-state index contributed by atoms with van der Waals surface area (Å²) in [7, 11) is 1.59. The van der Waals surface area contributed by atoms with E-state index in [1.165, 1.54) is 4.90 Å². The first-order valence-electron chi connectivity index (χ1n) is 12.7. The van der Waals surface area contributed by atoms with Crippen molar-refractivity contribution < 1.29 is 28.9 Å². The molecule has 3 aromatic rings. The minimum absolute atomic E-state index is 0.0603. The molecule has 38 heavy (non-hydrogen) atoms. The maximum absolute atomic E-state index is 13.2. The number of carbonyl (C=O) groups is 2. The van der Waals surface area contributed by atoms with Crippen molar-refractivity contribution in [3.63, 3.8) is 0 Å². The number of likely N-dealkylation sites (tertiary alicyclic amines) is 1. The molecule has 7 nitrogen and oxygen atoms in total. The number of benzene rings is 3. The van der Waals surface area contributed by atoms with Gasteiger partial charge in [0.15, 0.2) is 0 Å². The number of hydrogen-bond acceptors (Lipinski definition) is 6. The number of aliphatic hydroxyl groups is 1. The molecule has 1 fully saturated rings. The maximum Gasteiger partial charge on any atom is 0.295 e. The van der Waals surface area contributed by atoms with Crippen LogP contribution in [0.5, 0.6) is 11.5 Å². The van der Waals surface area contributed by atoms with Gasteiger partial charge in [0.05, 0.1) is 18.2 Å². The van der Waals surface area contributed by atoms with Crippen LogP contribution in [0.25, 0.3) is 5.76 Å². The molecule has 7 heteroatoms. The molecule has 0 saturated carbocycles. The number of amides is 1. The van der Waals surface area contributed by atoms with Gasteiger partial charge in [-0.25, -0.2) is 0 Å². The Morgan fingerprint density at radius 3 is 2.24 bits per heavy atom. The molecular formula is C31H33NO6. The molecule has 0 aliphatic carbocycles. The van der Waals surface area contributed by atoms with E-state index in [9.17, 15) is 14.7 Å². The van der Waals surface area contributed by atoms with Gasteiger partial charge in [0.1, 0.15) is 23.9 Å². The number of rotatable bonds is 11. The molecule has 0 spiro atoms. The fraction of sp³-hybridized carbons (Fsp3) is 0.290. The second-order valence-corrected chi connectivity index (χ2v) is 9.08. The van der Waals surface area contributed by atoms with Gasteiger partial charge >= 0.3 is 0 Å². The zero-order valence-electron chi connectivity index (χ0n) is 22.0. The van der Waals surface area contributed by atoms with Gasteiger partial charge < -0.3 is 24.2 Å². The first kappa shape index (κ1) is 26.9. The second kappa shape index (κ2) is 12.4. The Hall–Kier alpha value is -4.10. The highest BCUT2D eigenvalue weighted by Gasteiger charge is 2.45. The molecule has 1 atom stereocenters. The largest absolute Gasteiger partial charge is 0.507 e. The number of aryl methyl sites for hydroxylation is 1. The standard InChI is InChI=1S/C31H33NO6/c1-4-37-25-14-10-22(11-15-25)28-27(30(34)31(35)32(28)18-7-19-36-3)29(33)23-12-16-26(17-13-23)38-20-24-9-6-5-8-21(24)2/h5-6,8-17,28,33H,4,7,18-20H2,1-3H3/b29-27+. The highest BCUT2D eigenvalue weighted by molar-refractivity contribution is 6.46. The first-order valence-corrected chi connectivity index (χ1v) is 12.7.